The molecule has 0 fully saturated rings. The van der Waals surface area contributed by atoms with Crippen molar-refractivity contribution in [1.29, 1.82) is 0 Å². The molecule has 0 aliphatic carbocycles. The van der Waals surface area contributed by atoms with Crippen molar-refractivity contribution in [3.63, 3.8) is 0 Å². The summed E-state index contributed by atoms with van der Waals surface area (Å²) in [4.78, 5) is 15.2. The summed E-state index contributed by atoms with van der Waals surface area (Å²) < 4.78 is 90.3. The standard InChI is InChI=1S/C22H14F5N5O3S/c23-13-4-1-5-16(35-27)12(13)10-36(33)32-20-14(24)9-17(18(25)19(20)26)34-21-11(3-2-7-29-21)15-6-8-30-22(28)31-15/h1-9,32H,10H2,(H2,28,30,31). The van der Waals surface area contributed by atoms with E-state index in [2.05, 4.69) is 19.9 Å². The first-order valence-corrected chi connectivity index (χ1v) is 11.2. The van der Waals surface area contributed by atoms with Crippen molar-refractivity contribution in [2.24, 2.45) is 0 Å². The van der Waals surface area contributed by atoms with E-state index in [1.165, 1.54) is 30.6 Å². The number of nitrogen functional groups attached to an aromatic ring is 1. The van der Waals surface area contributed by atoms with Crippen LogP contribution in [-0.2, 0) is 16.7 Å². The zero-order chi connectivity index (χ0) is 25.8. The molecule has 2 heterocycles. The summed E-state index contributed by atoms with van der Waals surface area (Å²) in [6, 6.07) is 8.15. The third kappa shape index (κ3) is 5.17. The molecule has 36 heavy (non-hydrogen) atoms. The predicted molar refractivity (Wildman–Crippen MR) is 120 cm³/mol. The predicted octanol–water partition coefficient (Wildman–Crippen LogP) is 5.01. The number of nitrogens with two attached hydrogens (primary N) is 1. The van der Waals surface area contributed by atoms with E-state index in [4.69, 9.17) is 10.5 Å². The third-order valence-corrected chi connectivity index (χ3v) is 5.69. The normalized spacial score (nSPS) is 11.7. The first-order chi connectivity index (χ1) is 17.3. The summed E-state index contributed by atoms with van der Waals surface area (Å²) in [5.74, 6) is -8.23. The van der Waals surface area contributed by atoms with Crippen LogP contribution in [0.4, 0.5) is 33.7 Å². The van der Waals surface area contributed by atoms with Gasteiger partial charge in [0.15, 0.2) is 23.1 Å². The van der Waals surface area contributed by atoms with Gasteiger partial charge in [0.2, 0.25) is 17.6 Å². The molecule has 4 aromatic rings. The van der Waals surface area contributed by atoms with Crippen molar-refractivity contribution < 1.29 is 36.0 Å². The van der Waals surface area contributed by atoms with Crippen LogP contribution in [0.1, 0.15) is 5.56 Å². The molecule has 2 aromatic carbocycles. The molecule has 2 aromatic heterocycles. The highest BCUT2D eigenvalue weighted by atomic mass is 32.2. The molecule has 0 aliphatic rings. The minimum absolute atomic E-state index is 0.0606. The quantitative estimate of drug-likeness (QED) is 0.247. The fourth-order valence-electron chi connectivity index (χ4n) is 3.07. The van der Waals surface area contributed by atoms with Gasteiger partial charge < -0.3 is 10.5 Å². The fraction of sp³-hybridized carbons (Fsp3) is 0.0455. The summed E-state index contributed by atoms with van der Waals surface area (Å²) in [6.45, 7) is 0. The highest BCUT2D eigenvalue weighted by Gasteiger charge is 2.24. The number of pyridine rings is 1. The first-order valence-electron chi connectivity index (χ1n) is 9.88. The van der Waals surface area contributed by atoms with Crippen molar-refractivity contribution in [2.45, 2.75) is 5.75 Å². The van der Waals surface area contributed by atoms with Gasteiger partial charge in [-0.3, -0.25) is 9.66 Å². The monoisotopic (exact) mass is 523 g/mol. The van der Waals surface area contributed by atoms with E-state index in [0.717, 1.165) is 18.2 Å². The van der Waals surface area contributed by atoms with Gasteiger partial charge in [0.25, 0.3) is 0 Å². The molecule has 1 unspecified atom stereocenters. The number of anilines is 2. The summed E-state index contributed by atoms with van der Waals surface area (Å²) in [5.41, 5.74) is 4.49. The Labute approximate surface area is 202 Å². The second-order valence-electron chi connectivity index (χ2n) is 7.00. The third-order valence-electron chi connectivity index (χ3n) is 4.70. The number of hydrogen-bond acceptors (Lipinski definition) is 7. The molecular formula is C22H14F5N5O3S. The van der Waals surface area contributed by atoms with Crippen molar-refractivity contribution in [3.05, 3.63) is 83.7 Å². The number of halogens is 5. The lowest BCUT2D eigenvalue weighted by molar-refractivity contribution is -0.00749. The Hall–Kier alpha value is -4.33. The lowest BCUT2D eigenvalue weighted by atomic mass is 10.2. The molecule has 4 rings (SSSR count). The van der Waals surface area contributed by atoms with Crippen LogP contribution in [0, 0.1) is 23.3 Å². The van der Waals surface area contributed by atoms with E-state index in [1.807, 2.05) is 4.72 Å². The molecule has 3 N–H and O–H groups in total. The Morgan fingerprint density at radius 1 is 0.944 bits per heavy atom. The largest absolute Gasteiger partial charge is 0.435 e. The van der Waals surface area contributed by atoms with Gasteiger partial charge in [0, 0.05) is 28.5 Å². The van der Waals surface area contributed by atoms with Crippen molar-refractivity contribution in [2.75, 3.05) is 10.5 Å². The maximum absolute atomic E-state index is 14.8. The molecule has 0 aliphatic heterocycles. The van der Waals surface area contributed by atoms with E-state index in [-0.39, 0.29) is 23.1 Å². The minimum atomic E-state index is -2.41. The Kier molecular flexibility index (Phi) is 7.24. The van der Waals surface area contributed by atoms with Crippen LogP contribution in [0.25, 0.3) is 11.3 Å². The molecule has 1 atom stereocenters. The number of benzene rings is 2. The molecule has 0 spiro atoms. The van der Waals surface area contributed by atoms with E-state index < -0.39 is 62.8 Å². The number of rotatable bonds is 8. The molecule has 0 bridgehead atoms. The number of aromatic nitrogens is 3. The highest BCUT2D eigenvalue weighted by molar-refractivity contribution is 7.85. The van der Waals surface area contributed by atoms with Crippen LogP contribution >= 0.6 is 0 Å². The fourth-order valence-corrected chi connectivity index (χ4v) is 4.10. The van der Waals surface area contributed by atoms with Crippen LogP contribution < -0.4 is 20.1 Å². The van der Waals surface area contributed by atoms with Gasteiger partial charge in [0.1, 0.15) is 22.5 Å². The van der Waals surface area contributed by atoms with Crippen molar-refractivity contribution in [1.82, 2.24) is 15.0 Å². The Balaban J connectivity index is 1.60. The van der Waals surface area contributed by atoms with E-state index in [1.54, 1.807) is 0 Å². The van der Waals surface area contributed by atoms with Crippen molar-refractivity contribution in [3.8, 4) is 28.6 Å². The van der Waals surface area contributed by atoms with Gasteiger partial charge in [-0.2, -0.15) is 4.39 Å². The molecule has 0 radical (unpaired) electrons. The summed E-state index contributed by atoms with van der Waals surface area (Å²) in [5, 5.41) is 0. The maximum atomic E-state index is 14.8. The Morgan fingerprint density at radius 2 is 1.75 bits per heavy atom. The highest BCUT2D eigenvalue weighted by Crippen LogP contribution is 2.35. The first kappa shape index (κ1) is 24.8. The average molecular weight is 523 g/mol. The van der Waals surface area contributed by atoms with E-state index in [0.29, 0.717) is 6.07 Å². The zero-order valence-electron chi connectivity index (χ0n) is 17.8. The minimum Gasteiger partial charge on any atom is -0.435 e. The molecule has 0 saturated heterocycles. The number of nitrogens with one attached hydrogen (secondary N) is 1. The number of nitrogens with zero attached hydrogens (tertiary/aromatic N) is 3. The van der Waals surface area contributed by atoms with Crippen LogP contribution in [0.15, 0.2) is 54.9 Å². The van der Waals surface area contributed by atoms with Crippen LogP contribution in [0.3, 0.4) is 0 Å². The van der Waals surface area contributed by atoms with Crippen LogP contribution in [-0.4, -0.2) is 19.2 Å². The van der Waals surface area contributed by atoms with E-state index >= 15 is 0 Å². The zero-order valence-corrected chi connectivity index (χ0v) is 18.7. The van der Waals surface area contributed by atoms with Gasteiger partial charge in [-0.25, -0.2) is 32.3 Å². The Bertz CT molecular complexity index is 1460. The van der Waals surface area contributed by atoms with Crippen LogP contribution in [0.5, 0.6) is 17.4 Å². The lowest BCUT2D eigenvalue weighted by Gasteiger charge is -2.14. The molecule has 0 amide bonds. The van der Waals surface area contributed by atoms with Gasteiger partial charge in [-0.1, -0.05) is 6.07 Å². The van der Waals surface area contributed by atoms with Gasteiger partial charge in [-0.05, 0) is 30.3 Å². The van der Waals surface area contributed by atoms with E-state index in [9.17, 15) is 26.3 Å². The molecule has 186 valence electrons. The SMILES string of the molecule is Nc1nccc(-c2cccnc2Oc2cc(F)c(NS(=O)Cc3c(F)cccc3OF)c(F)c2F)n1. The smallest absolute Gasteiger partial charge is 0.228 e. The second kappa shape index (κ2) is 10.5. The molecule has 14 heteroatoms. The summed E-state index contributed by atoms with van der Waals surface area (Å²) in [7, 11) is -2.41. The lowest BCUT2D eigenvalue weighted by Crippen LogP contribution is -2.12. The average Bonchev–Trinajstić information content (AvgIpc) is 2.86. The molecular weight excluding hydrogens is 509 g/mol. The maximum Gasteiger partial charge on any atom is 0.228 e. The second-order valence-corrected chi connectivity index (χ2v) is 8.19. The van der Waals surface area contributed by atoms with Gasteiger partial charge >= 0.3 is 0 Å². The molecule has 8 nitrogen and oxygen atoms in total. The van der Waals surface area contributed by atoms with Gasteiger partial charge in [0.05, 0.1) is 17.0 Å². The van der Waals surface area contributed by atoms with Gasteiger partial charge in [-0.15, -0.1) is 0 Å². The summed E-state index contributed by atoms with van der Waals surface area (Å²) >= 11 is 0. The van der Waals surface area contributed by atoms with Crippen LogP contribution in [0.2, 0.25) is 0 Å². The topological polar surface area (TPSA) is 112 Å². The number of ether oxygens (including phenoxy) is 1. The van der Waals surface area contributed by atoms with Crippen molar-refractivity contribution >= 4 is 22.6 Å². The summed E-state index contributed by atoms with van der Waals surface area (Å²) in [6.07, 6.45) is 2.66. The number of hydrogen-bond donors (Lipinski definition) is 2. The molecule has 0 saturated carbocycles. The Morgan fingerprint density at radius 3 is 2.50 bits per heavy atom.